The Morgan fingerprint density at radius 3 is 2.41 bits per heavy atom. The third kappa shape index (κ3) is 5.54. The summed E-state index contributed by atoms with van der Waals surface area (Å²) >= 11 is 6.22. The first kappa shape index (κ1) is 21.7. The third-order valence-corrected chi connectivity index (χ3v) is 6.00. The predicted molar refractivity (Wildman–Crippen MR) is 116 cm³/mol. The summed E-state index contributed by atoms with van der Waals surface area (Å²) in [5.74, 6) is -0.131. The Balaban J connectivity index is 1.62. The number of carbonyl (C=O) groups is 2. The van der Waals surface area contributed by atoms with E-state index >= 15 is 0 Å². The Labute approximate surface area is 177 Å². The van der Waals surface area contributed by atoms with Crippen molar-refractivity contribution in [3.8, 4) is 0 Å². The number of halogens is 1. The minimum Gasteiger partial charge on any atom is -0.450 e. The van der Waals surface area contributed by atoms with Gasteiger partial charge in [0.15, 0.2) is 0 Å². The number of nitrogens with zero attached hydrogens (tertiary/aromatic N) is 3. The Morgan fingerprint density at radius 1 is 1.10 bits per heavy atom. The van der Waals surface area contributed by atoms with Gasteiger partial charge in [-0.15, -0.1) is 0 Å². The average molecular weight is 423 g/mol. The molecule has 0 atom stereocenters. The van der Waals surface area contributed by atoms with Gasteiger partial charge in [-0.3, -0.25) is 4.79 Å². The Kier molecular flexibility index (Phi) is 7.61. The van der Waals surface area contributed by atoms with Crippen LogP contribution in [0.15, 0.2) is 18.2 Å². The van der Waals surface area contributed by atoms with Crippen LogP contribution in [0.4, 0.5) is 16.2 Å². The standard InChI is InChI=1S/C21H31ClN4O3/c1-3-24-11-13-25(14-12-24)19-6-5-17(22)15-18(19)23-20(27)16-7-9-26(10-8-16)21(28)29-4-2/h5-6,15-16H,3-4,7-14H2,1-2H3,(H,23,27). The van der Waals surface area contributed by atoms with Crippen molar-refractivity contribution in [3.05, 3.63) is 23.2 Å². The molecule has 0 aliphatic carbocycles. The van der Waals surface area contributed by atoms with Gasteiger partial charge in [-0.25, -0.2) is 4.79 Å². The van der Waals surface area contributed by atoms with Crippen LogP contribution in [0.1, 0.15) is 26.7 Å². The van der Waals surface area contributed by atoms with E-state index in [1.807, 2.05) is 18.2 Å². The lowest BCUT2D eigenvalue weighted by atomic mass is 9.96. The summed E-state index contributed by atoms with van der Waals surface area (Å²) in [7, 11) is 0. The molecular formula is C21H31ClN4O3. The molecule has 2 heterocycles. The van der Waals surface area contributed by atoms with E-state index < -0.39 is 0 Å². The average Bonchev–Trinajstić information content (AvgIpc) is 2.74. The number of likely N-dealkylation sites (N-methyl/N-ethyl adjacent to an activating group) is 1. The topological polar surface area (TPSA) is 65.1 Å². The molecular weight excluding hydrogens is 392 g/mol. The number of amides is 2. The molecule has 1 N–H and O–H groups in total. The zero-order valence-corrected chi connectivity index (χ0v) is 18.1. The number of rotatable bonds is 5. The summed E-state index contributed by atoms with van der Waals surface area (Å²) in [6.45, 7) is 10.4. The monoisotopic (exact) mass is 422 g/mol. The minimum absolute atomic E-state index is 0.00998. The van der Waals surface area contributed by atoms with Gasteiger partial charge in [-0.05, 0) is 44.5 Å². The van der Waals surface area contributed by atoms with E-state index in [-0.39, 0.29) is 17.9 Å². The van der Waals surface area contributed by atoms with E-state index in [1.165, 1.54) is 0 Å². The molecule has 0 bridgehead atoms. The van der Waals surface area contributed by atoms with Crippen LogP contribution >= 0.6 is 11.6 Å². The fourth-order valence-corrected chi connectivity index (χ4v) is 4.14. The maximum Gasteiger partial charge on any atom is 0.409 e. The van der Waals surface area contributed by atoms with E-state index in [1.54, 1.807) is 11.8 Å². The Morgan fingerprint density at radius 2 is 1.79 bits per heavy atom. The zero-order chi connectivity index (χ0) is 20.8. The first-order chi connectivity index (χ1) is 14.0. The fraction of sp³-hybridized carbons (Fsp3) is 0.619. The van der Waals surface area contributed by atoms with Crippen LogP contribution in [0.3, 0.4) is 0 Å². The molecule has 0 unspecified atom stereocenters. The molecule has 160 valence electrons. The third-order valence-electron chi connectivity index (χ3n) is 5.77. The zero-order valence-electron chi connectivity index (χ0n) is 17.3. The molecule has 2 saturated heterocycles. The molecule has 0 saturated carbocycles. The molecule has 3 rings (SSSR count). The highest BCUT2D eigenvalue weighted by Gasteiger charge is 2.29. The lowest BCUT2D eigenvalue weighted by molar-refractivity contribution is -0.121. The second-order valence-corrected chi connectivity index (χ2v) is 7.97. The van der Waals surface area contributed by atoms with Gasteiger partial charge in [0.2, 0.25) is 5.91 Å². The molecule has 2 aliphatic rings. The maximum atomic E-state index is 12.9. The summed E-state index contributed by atoms with van der Waals surface area (Å²) in [5, 5.41) is 3.70. The second-order valence-electron chi connectivity index (χ2n) is 7.53. The Bertz CT molecular complexity index is 714. The SMILES string of the molecule is CCOC(=O)N1CCC(C(=O)Nc2cc(Cl)ccc2N2CCN(CC)CC2)CC1. The van der Waals surface area contributed by atoms with Crippen LogP contribution in [-0.2, 0) is 9.53 Å². The smallest absolute Gasteiger partial charge is 0.409 e. The highest BCUT2D eigenvalue weighted by atomic mass is 35.5. The van der Waals surface area contributed by atoms with E-state index in [0.717, 1.165) is 44.1 Å². The second kappa shape index (κ2) is 10.2. The van der Waals surface area contributed by atoms with Gasteiger partial charge in [0, 0.05) is 50.2 Å². The number of likely N-dealkylation sites (tertiary alicyclic amines) is 1. The first-order valence-corrected chi connectivity index (χ1v) is 10.9. The summed E-state index contributed by atoms with van der Waals surface area (Å²) < 4.78 is 5.05. The van der Waals surface area contributed by atoms with Gasteiger partial charge >= 0.3 is 6.09 Å². The van der Waals surface area contributed by atoms with Gasteiger partial charge in [-0.1, -0.05) is 18.5 Å². The van der Waals surface area contributed by atoms with Crippen LogP contribution < -0.4 is 10.2 Å². The lowest BCUT2D eigenvalue weighted by Gasteiger charge is -2.36. The molecule has 0 spiro atoms. The summed E-state index contributed by atoms with van der Waals surface area (Å²) in [4.78, 5) is 31.1. The van der Waals surface area contributed by atoms with Crippen molar-refractivity contribution in [1.29, 1.82) is 0 Å². The number of carbonyl (C=O) groups excluding carboxylic acids is 2. The fourth-order valence-electron chi connectivity index (χ4n) is 3.96. The highest BCUT2D eigenvalue weighted by Crippen LogP contribution is 2.31. The lowest BCUT2D eigenvalue weighted by Crippen LogP contribution is -2.46. The molecule has 1 aromatic rings. The van der Waals surface area contributed by atoms with Crippen molar-refractivity contribution >= 4 is 35.0 Å². The van der Waals surface area contributed by atoms with Crippen LogP contribution in [0.5, 0.6) is 0 Å². The van der Waals surface area contributed by atoms with E-state index in [4.69, 9.17) is 16.3 Å². The molecule has 2 amide bonds. The molecule has 2 aliphatic heterocycles. The van der Waals surface area contributed by atoms with Gasteiger partial charge in [0.1, 0.15) is 0 Å². The van der Waals surface area contributed by atoms with Gasteiger partial charge in [0.05, 0.1) is 18.0 Å². The van der Waals surface area contributed by atoms with Crippen molar-refractivity contribution in [3.63, 3.8) is 0 Å². The molecule has 29 heavy (non-hydrogen) atoms. The quantitative estimate of drug-likeness (QED) is 0.788. The number of piperazine rings is 1. The van der Waals surface area contributed by atoms with Crippen LogP contribution in [-0.4, -0.2) is 74.2 Å². The van der Waals surface area contributed by atoms with Crippen molar-refractivity contribution in [1.82, 2.24) is 9.80 Å². The number of nitrogens with one attached hydrogen (secondary N) is 1. The number of ether oxygens (including phenoxy) is 1. The van der Waals surface area contributed by atoms with Crippen molar-refractivity contribution in [2.24, 2.45) is 5.92 Å². The number of hydrogen-bond donors (Lipinski definition) is 1. The van der Waals surface area contributed by atoms with Crippen LogP contribution in [0, 0.1) is 5.92 Å². The minimum atomic E-state index is -0.297. The molecule has 0 aromatic heterocycles. The summed E-state index contributed by atoms with van der Waals surface area (Å²) in [6.07, 6.45) is 0.973. The molecule has 2 fully saturated rings. The van der Waals surface area contributed by atoms with Crippen molar-refractivity contribution in [2.75, 3.05) is 62.6 Å². The van der Waals surface area contributed by atoms with Gasteiger partial charge < -0.3 is 24.8 Å². The number of benzene rings is 1. The molecule has 1 aromatic carbocycles. The largest absolute Gasteiger partial charge is 0.450 e. The van der Waals surface area contributed by atoms with E-state index in [2.05, 4.69) is 22.0 Å². The van der Waals surface area contributed by atoms with Crippen LogP contribution in [0.2, 0.25) is 5.02 Å². The predicted octanol–water partition coefficient (Wildman–Crippen LogP) is 3.29. The Hall–Kier alpha value is -1.99. The van der Waals surface area contributed by atoms with Crippen molar-refractivity contribution in [2.45, 2.75) is 26.7 Å². The normalized spacial score (nSPS) is 18.6. The van der Waals surface area contributed by atoms with Crippen LogP contribution in [0.25, 0.3) is 0 Å². The molecule has 7 nitrogen and oxygen atoms in total. The number of hydrogen-bond acceptors (Lipinski definition) is 5. The van der Waals surface area contributed by atoms with Gasteiger partial charge in [-0.2, -0.15) is 0 Å². The van der Waals surface area contributed by atoms with Crippen molar-refractivity contribution < 1.29 is 14.3 Å². The summed E-state index contributed by atoms with van der Waals surface area (Å²) in [6, 6.07) is 5.69. The summed E-state index contributed by atoms with van der Waals surface area (Å²) in [5.41, 5.74) is 1.78. The number of anilines is 2. The first-order valence-electron chi connectivity index (χ1n) is 10.5. The van der Waals surface area contributed by atoms with Gasteiger partial charge in [0.25, 0.3) is 0 Å². The molecule has 0 radical (unpaired) electrons. The van der Waals surface area contributed by atoms with E-state index in [0.29, 0.717) is 37.6 Å². The molecule has 8 heteroatoms. The van der Waals surface area contributed by atoms with E-state index in [9.17, 15) is 9.59 Å². The number of piperidine rings is 1. The maximum absolute atomic E-state index is 12.9. The highest BCUT2D eigenvalue weighted by molar-refractivity contribution is 6.31.